The highest BCUT2D eigenvalue weighted by Crippen LogP contribution is 2.08. The predicted octanol–water partition coefficient (Wildman–Crippen LogP) is 0.828. The third kappa shape index (κ3) is 1.74. The van der Waals surface area contributed by atoms with Gasteiger partial charge in [-0.15, -0.1) is 0 Å². The first-order valence-electron chi connectivity index (χ1n) is 2.82. The number of nitrogens with zero attached hydrogens (tertiary/aromatic N) is 1. The number of hydrogen-bond acceptors (Lipinski definition) is 3. The lowest BCUT2D eigenvalue weighted by Gasteiger charge is -1.90. The van der Waals surface area contributed by atoms with Gasteiger partial charge in [0.2, 0.25) is 0 Å². The van der Waals surface area contributed by atoms with Crippen LogP contribution in [0, 0.1) is 0 Å². The highest BCUT2D eigenvalue weighted by molar-refractivity contribution is 8.13. The maximum Gasteiger partial charge on any atom is 0.153 e. The van der Waals surface area contributed by atoms with Gasteiger partial charge in [0.15, 0.2) is 5.17 Å². The van der Waals surface area contributed by atoms with E-state index in [1.54, 1.807) is 11.8 Å². The van der Waals surface area contributed by atoms with Gasteiger partial charge < -0.3 is 5.73 Å². The molecule has 0 atom stereocenters. The molecular weight excluding hydrogens is 120 g/mol. The standard InChI is InChI=1S/C5H10N2S/c6-5-7-3-1-2-4-8-5/h1-4H2,(H2,6,7). The van der Waals surface area contributed by atoms with Gasteiger partial charge in [0, 0.05) is 12.3 Å². The fraction of sp³-hybridized carbons (Fsp3) is 0.800. The first kappa shape index (κ1) is 5.95. The summed E-state index contributed by atoms with van der Waals surface area (Å²) in [5.41, 5.74) is 5.45. The van der Waals surface area contributed by atoms with E-state index in [4.69, 9.17) is 5.73 Å². The molecule has 0 spiro atoms. The van der Waals surface area contributed by atoms with Gasteiger partial charge in [0.1, 0.15) is 0 Å². The van der Waals surface area contributed by atoms with E-state index >= 15 is 0 Å². The van der Waals surface area contributed by atoms with E-state index < -0.39 is 0 Å². The Hall–Kier alpha value is -0.180. The van der Waals surface area contributed by atoms with E-state index in [0.717, 1.165) is 17.5 Å². The molecule has 0 unspecified atom stereocenters. The summed E-state index contributed by atoms with van der Waals surface area (Å²) in [6, 6.07) is 0. The van der Waals surface area contributed by atoms with Gasteiger partial charge in [-0.25, -0.2) is 0 Å². The van der Waals surface area contributed by atoms with Crippen molar-refractivity contribution < 1.29 is 0 Å². The molecule has 46 valence electrons. The van der Waals surface area contributed by atoms with Crippen LogP contribution in [-0.4, -0.2) is 17.5 Å². The number of hydrogen-bond donors (Lipinski definition) is 1. The molecule has 0 amide bonds. The third-order valence-electron chi connectivity index (χ3n) is 1.07. The molecule has 1 heterocycles. The van der Waals surface area contributed by atoms with Crippen molar-refractivity contribution in [2.45, 2.75) is 12.8 Å². The zero-order valence-electron chi connectivity index (χ0n) is 4.76. The topological polar surface area (TPSA) is 38.4 Å². The molecule has 0 aromatic rings. The Kier molecular flexibility index (Phi) is 2.21. The summed E-state index contributed by atoms with van der Waals surface area (Å²) in [5.74, 6) is 1.15. The number of nitrogens with two attached hydrogens (primary N) is 1. The van der Waals surface area contributed by atoms with Crippen LogP contribution >= 0.6 is 11.8 Å². The summed E-state index contributed by atoms with van der Waals surface area (Å²) < 4.78 is 0. The van der Waals surface area contributed by atoms with Crippen LogP contribution in [0.5, 0.6) is 0 Å². The van der Waals surface area contributed by atoms with E-state index in [9.17, 15) is 0 Å². The Labute approximate surface area is 53.6 Å². The van der Waals surface area contributed by atoms with Crippen LogP contribution in [0.4, 0.5) is 0 Å². The minimum Gasteiger partial charge on any atom is -0.379 e. The van der Waals surface area contributed by atoms with Gasteiger partial charge in [0.05, 0.1) is 0 Å². The molecule has 0 fully saturated rings. The Bertz CT molecular complexity index is 101. The molecule has 3 heteroatoms. The Morgan fingerprint density at radius 2 is 2.38 bits per heavy atom. The number of thioether (sulfide) groups is 1. The number of aliphatic imine (C=N–C) groups is 1. The van der Waals surface area contributed by atoms with Gasteiger partial charge in [-0.1, -0.05) is 11.8 Å². The van der Waals surface area contributed by atoms with Crippen molar-refractivity contribution in [2.75, 3.05) is 12.3 Å². The maximum atomic E-state index is 5.45. The van der Waals surface area contributed by atoms with E-state index in [1.807, 2.05) is 0 Å². The van der Waals surface area contributed by atoms with Crippen LogP contribution < -0.4 is 5.73 Å². The van der Waals surface area contributed by atoms with E-state index in [0.29, 0.717) is 0 Å². The normalized spacial score (nSPS) is 21.8. The lowest BCUT2D eigenvalue weighted by molar-refractivity contribution is 0.823. The molecule has 0 saturated carbocycles. The van der Waals surface area contributed by atoms with Gasteiger partial charge >= 0.3 is 0 Å². The van der Waals surface area contributed by atoms with Crippen molar-refractivity contribution in [1.82, 2.24) is 0 Å². The van der Waals surface area contributed by atoms with Crippen LogP contribution in [0.1, 0.15) is 12.8 Å². The number of rotatable bonds is 0. The first-order valence-corrected chi connectivity index (χ1v) is 3.81. The van der Waals surface area contributed by atoms with Crippen molar-refractivity contribution in [3.8, 4) is 0 Å². The van der Waals surface area contributed by atoms with Crippen LogP contribution in [0.2, 0.25) is 0 Å². The second kappa shape index (κ2) is 2.97. The Morgan fingerprint density at radius 1 is 1.50 bits per heavy atom. The summed E-state index contributed by atoms with van der Waals surface area (Å²) in [7, 11) is 0. The monoisotopic (exact) mass is 130 g/mol. The molecule has 0 saturated heterocycles. The van der Waals surface area contributed by atoms with E-state index in [-0.39, 0.29) is 0 Å². The summed E-state index contributed by atoms with van der Waals surface area (Å²) in [4.78, 5) is 4.08. The van der Waals surface area contributed by atoms with Gasteiger partial charge in [0.25, 0.3) is 0 Å². The fourth-order valence-electron chi connectivity index (χ4n) is 0.625. The van der Waals surface area contributed by atoms with Gasteiger partial charge in [-0.3, -0.25) is 4.99 Å². The van der Waals surface area contributed by atoms with Crippen LogP contribution in [0.25, 0.3) is 0 Å². The van der Waals surface area contributed by atoms with Crippen molar-refractivity contribution >= 4 is 16.9 Å². The minimum absolute atomic E-state index is 0.766. The Morgan fingerprint density at radius 3 is 3.25 bits per heavy atom. The molecule has 1 aliphatic heterocycles. The molecule has 0 aliphatic carbocycles. The highest BCUT2D eigenvalue weighted by Gasteiger charge is 1.97. The molecule has 2 N–H and O–H groups in total. The summed E-state index contributed by atoms with van der Waals surface area (Å²) in [6.07, 6.45) is 2.46. The van der Waals surface area contributed by atoms with E-state index in [2.05, 4.69) is 4.99 Å². The molecule has 0 aromatic carbocycles. The molecule has 1 aliphatic rings. The van der Waals surface area contributed by atoms with Crippen LogP contribution in [0.15, 0.2) is 4.99 Å². The quantitative estimate of drug-likeness (QED) is 0.527. The van der Waals surface area contributed by atoms with Crippen molar-refractivity contribution in [3.63, 3.8) is 0 Å². The molecular formula is C5H10N2S. The van der Waals surface area contributed by atoms with Gasteiger partial charge in [-0.2, -0.15) is 0 Å². The van der Waals surface area contributed by atoms with Crippen LogP contribution in [0.3, 0.4) is 0 Å². The zero-order chi connectivity index (χ0) is 5.82. The molecule has 1 rings (SSSR count). The summed E-state index contributed by atoms with van der Waals surface area (Å²) in [5, 5.41) is 0.766. The molecule has 2 nitrogen and oxygen atoms in total. The molecule has 0 bridgehead atoms. The smallest absolute Gasteiger partial charge is 0.153 e. The minimum atomic E-state index is 0.766. The van der Waals surface area contributed by atoms with Crippen LogP contribution in [-0.2, 0) is 0 Å². The lowest BCUT2D eigenvalue weighted by Crippen LogP contribution is -2.05. The second-order valence-corrected chi connectivity index (χ2v) is 2.89. The molecule has 8 heavy (non-hydrogen) atoms. The average molecular weight is 130 g/mol. The third-order valence-corrected chi connectivity index (χ3v) is 1.99. The van der Waals surface area contributed by atoms with Crippen molar-refractivity contribution in [1.29, 1.82) is 0 Å². The van der Waals surface area contributed by atoms with Crippen molar-refractivity contribution in [3.05, 3.63) is 0 Å². The van der Waals surface area contributed by atoms with Gasteiger partial charge in [-0.05, 0) is 12.8 Å². The molecule has 0 radical (unpaired) electrons. The SMILES string of the molecule is NC1=NCCCCS1. The molecule has 0 aromatic heterocycles. The summed E-state index contributed by atoms with van der Waals surface area (Å²) >= 11 is 1.67. The van der Waals surface area contributed by atoms with Crippen molar-refractivity contribution in [2.24, 2.45) is 10.7 Å². The largest absolute Gasteiger partial charge is 0.379 e. The zero-order valence-corrected chi connectivity index (χ0v) is 5.58. The second-order valence-electron chi connectivity index (χ2n) is 1.78. The average Bonchev–Trinajstić information content (AvgIpc) is 1.94. The summed E-state index contributed by atoms with van der Waals surface area (Å²) in [6.45, 7) is 0.929. The van der Waals surface area contributed by atoms with E-state index in [1.165, 1.54) is 12.8 Å². The Balaban J connectivity index is 2.36. The fourth-order valence-corrected chi connectivity index (χ4v) is 1.37. The predicted molar refractivity (Wildman–Crippen MR) is 38.2 cm³/mol. The first-order chi connectivity index (χ1) is 3.89. The highest BCUT2D eigenvalue weighted by atomic mass is 32.2. The lowest BCUT2D eigenvalue weighted by atomic mass is 10.3. The number of amidine groups is 1. The maximum absolute atomic E-state index is 5.45.